The Morgan fingerprint density at radius 2 is 1.77 bits per heavy atom. The van der Waals surface area contributed by atoms with E-state index in [-0.39, 0.29) is 11.3 Å². The molecule has 31 heavy (non-hydrogen) atoms. The van der Waals surface area contributed by atoms with Crippen molar-refractivity contribution in [1.29, 1.82) is 0 Å². The third-order valence-electron chi connectivity index (χ3n) is 5.43. The minimum absolute atomic E-state index is 0.0961. The first-order chi connectivity index (χ1) is 15.0. The number of aryl methyl sites for hydroxylation is 2. The lowest BCUT2D eigenvalue weighted by atomic mass is 9.95. The molecular weight excluding hydrogens is 414 g/mol. The van der Waals surface area contributed by atoms with Crippen LogP contribution < -0.4 is 0 Å². The summed E-state index contributed by atoms with van der Waals surface area (Å²) in [5.41, 5.74) is 2.35. The molecule has 1 saturated heterocycles. The van der Waals surface area contributed by atoms with Gasteiger partial charge in [0.25, 0.3) is 11.7 Å². The molecule has 0 radical (unpaired) electrons. The first kappa shape index (κ1) is 20.9. The molecule has 158 valence electrons. The number of aliphatic hydroxyl groups is 1. The smallest absolute Gasteiger partial charge is 0.295 e. The Balaban J connectivity index is 1.72. The molecule has 0 bridgehead atoms. The molecule has 7 heteroatoms. The SMILES string of the molecule is Cc1ccc(C(O)=C2C(=O)C(=O)N(CCCn3ccnc3)C2c2ccc(Cl)cc2)cc1. The van der Waals surface area contributed by atoms with Crippen molar-refractivity contribution < 1.29 is 14.7 Å². The van der Waals surface area contributed by atoms with E-state index in [9.17, 15) is 14.7 Å². The van der Waals surface area contributed by atoms with Gasteiger partial charge in [0, 0.05) is 36.1 Å². The maximum atomic E-state index is 13.0. The van der Waals surface area contributed by atoms with Gasteiger partial charge in [-0.05, 0) is 31.0 Å². The van der Waals surface area contributed by atoms with Crippen LogP contribution in [0.5, 0.6) is 0 Å². The van der Waals surface area contributed by atoms with Crippen molar-refractivity contribution in [3.8, 4) is 0 Å². The zero-order valence-electron chi connectivity index (χ0n) is 17.0. The molecule has 1 N–H and O–H groups in total. The number of Topliss-reactive ketones (excluding diaryl/α,β-unsaturated/α-hetero) is 1. The van der Waals surface area contributed by atoms with E-state index < -0.39 is 17.7 Å². The highest BCUT2D eigenvalue weighted by atomic mass is 35.5. The van der Waals surface area contributed by atoms with Gasteiger partial charge in [-0.15, -0.1) is 0 Å². The molecule has 1 aliphatic rings. The zero-order chi connectivity index (χ0) is 22.0. The summed E-state index contributed by atoms with van der Waals surface area (Å²) >= 11 is 6.04. The van der Waals surface area contributed by atoms with Gasteiger partial charge in [0.05, 0.1) is 17.9 Å². The van der Waals surface area contributed by atoms with Crippen LogP contribution >= 0.6 is 11.6 Å². The van der Waals surface area contributed by atoms with Crippen molar-refractivity contribution in [2.45, 2.75) is 25.9 Å². The minimum atomic E-state index is -0.680. The third kappa shape index (κ3) is 4.25. The van der Waals surface area contributed by atoms with Crippen molar-refractivity contribution in [1.82, 2.24) is 14.5 Å². The van der Waals surface area contributed by atoms with Crippen LogP contribution in [-0.4, -0.2) is 37.8 Å². The molecule has 1 fully saturated rings. The number of imidazole rings is 1. The second-order valence-corrected chi connectivity index (χ2v) is 8.00. The Bertz CT molecular complexity index is 1120. The average molecular weight is 436 g/mol. The summed E-state index contributed by atoms with van der Waals surface area (Å²) < 4.78 is 1.92. The molecule has 3 aromatic rings. The summed E-state index contributed by atoms with van der Waals surface area (Å²) in [5, 5.41) is 11.6. The normalized spacial score (nSPS) is 18.0. The van der Waals surface area contributed by atoms with E-state index in [2.05, 4.69) is 4.98 Å². The molecule has 6 nitrogen and oxygen atoms in total. The average Bonchev–Trinajstić information content (AvgIpc) is 3.37. The molecule has 1 amide bonds. The van der Waals surface area contributed by atoms with Gasteiger partial charge in [0.1, 0.15) is 5.76 Å². The van der Waals surface area contributed by atoms with Gasteiger partial charge in [0.2, 0.25) is 0 Å². The zero-order valence-corrected chi connectivity index (χ0v) is 17.8. The van der Waals surface area contributed by atoms with Gasteiger partial charge >= 0.3 is 0 Å². The largest absolute Gasteiger partial charge is 0.507 e. The van der Waals surface area contributed by atoms with E-state index >= 15 is 0 Å². The fourth-order valence-corrected chi connectivity index (χ4v) is 3.94. The monoisotopic (exact) mass is 435 g/mol. The number of nitrogens with zero attached hydrogens (tertiary/aromatic N) is 3. The van der Waals surface area contributed by atoms with Gasteiger partial charge in [-0.1, -0.05) is 53.6 Å². The van der Waals surface area contributed by atoms with Gasteiger partial charge < -0.3 is 14.6 Å². The Morgan fingerprint density at radius 1 is 1.06 bits per heavy atom. The van der Waals surface area contributed by atoms with Crippen molar-refractivity contribution in [3.63, 3.8) is 0 Å². The van der Waals surface area contributed by atoms with Crippen LogP contribution in [0.4, 0.5) is 0 Å². The van der Waals surface area contributed by atoms with E-state index in [4.69, 9.17) is 11.6 Å². The third-order valence-corrected chi connectivity index (χ3v) is 5.68. The highest BCUT2D eigenvalue weighted by molar-refractivity contribution is 6.46. The van der Waals surface area contributed by atoms with Crippen LogP contribution in [-0.2, 0) is 16.1 Å². The number of carbonyl (C=O) groups is 2. The van der Waals surface area contributed by atoms with Gasteiger partial charge in [-0.25, -0.2) is 4.98 Å². The Labute approximate surface area is 185 Å². The van der Waals surface area contributed by atoms with Crippen LogP contribution in [0.1, 0.15) is 29.2 Å². The number of carbonyl (C=O) groups excluding carboxylic acids is 2. The Morgan fingerprint density at radius 3 is 2.42 bits per heavy atom. The number of benzene rings is 2. The first-order valence-electron chi connectivity index (χ1n) is 10.0. The number of halogens is 1. The fourth-order valence-electron chi connectivity index (χ4n) is 3.81. The highest BCUT2D eigenvalue weighted by Gasteiger charge is 2.45. The predicted octanol–water partition coefficient (Wildman–Crippen LogP) is 4.36. The van der Waals surface area contributed by atoms with Crippen molar-refractivity contribution >= 4 is 29.1 Å². The van der Waals surface area contributed by atoms with Crippen LogP contribution in [0.3, 0.4) is 0 Å². The fraction of sp³-hybridized carbons (Fsp3) is 0.208. The lowest BCUT2D eigenvalue weighted by molar-refractivity contribution is -0.139. The van der Waals surface area contributed by atoms with Crippen molar-refractivity contribution in [2.75, 3.05) is 6.54 Å². The van der Waals surface area contributed by atoms with Crippen LogP contribution in [0.2, 0.25) is 5.02 Å². The summed E-state index contributed by atoms with van der Waals surface area (Å²) in [6.45, 7) is 2.96. The molecule has 2 heterocycles. The number of hydrogen-bond acceptors (Lipinski definition) is 4. The number of likely N-dealkylation sites (tertiary alicyclic amines) is 1. The standard InChI is InChI=1S/C24H22ClN3O3/c1-16-3-5-18(6-4-16)22(29)20-21(17-7-9-19(25)10-8-17)28(24(31)23(20)30)13-2-12-27-14-11-26-15-27/h3-11,14-15,21,29H,2,12-13H2,1H3. The van der Waals surface area contributed by atoms with E-state index in [1.165, 1.54) is 4.90 Å². The second kappa shape index (κ2) is 8.78. The van der Waals surface area contributed by atoms with Gasteiger partial charge in [0.15, 0.2) is 0 Å². The maximum Gasteiger partial charge on any atom is 0.295 e. The molecule has 1 atom stereocenters. The maximum absolute atomic E-state index is 13.0. The number of hydrogen-bond donors (Lipinski definition) is 1. The molecule has 2 aromatic carbocycles. The molecule has 0 saturated carbocycles. The first-order valence-corrected chi connectivity index (χ1v) is 10.4. The lowest BCUT2D eigenvalue weighted by Crippen LogP contribution is -2.31. The van der Waals surface area contributed by atoms with Crippen molar-refractivity contribution in [3.05, 3.63) is 94.5 Å². The van der Waals surface area contributed by atoms with E-state index in [1.807, 2.05) is 29.8 Å². The molecule has 0 spiro atoms. The molecule has 1 aliphatic heterocycles. The van der Waals surface area contributed by atoms with Gasteiger partial charge in [-0.2, -0.15) is 0 Å². The lowest BCUT2D eigenvalue weighted by Gasteiger charge is -2.25. The molecule has 1 aromatic heterocycles. The molecule has 4 rings (SSSR count). The molecule has 0 aliphatic carbocycles. The number of aliphatic hydroxyl groups excluding tert-OH is 1. The number of aromatic nitrogens is 2. The van der Waals surface area contributed by atoms with Crippen molar-refractivity contribution in [2.24, 2.45) is 0 Å². The minimum Gasteiger partial charge on any atom is -0.507 e. The van der Waals surface area contributed by atoms with Crippen LogP contribution in [0.15, 0.2) is 72.8 Å². The van der Waals surface area contributed by atoms with E-state index in [1.54, 1.807) is 48.9 Å². The molecule has 1 unspecified atom stereocenters. The number of rotatable bonds is 6. The van der Waals surface area contributed by atoms with Crippen LogP contribution in [0, 0.1) is 6.92 Å². The van der Waals surface area contributed by atoms with Gasteiger partial charge in [-0.3, -0.25) is 9.59 Å². The Kier molecular flexibility index (Phi) is 5.91. The summed E-state index contributed by atoms with van der Waals surface area (Å²) in [7, 11) is 0. The summed E-state index contributed by atoms with van der Waals surface area (Å²) in [4.78, 5) is 31.5. The predicted molar refractivity (Wildman–Crippen MR) is 118 cm³/mol. The Hall–Kier alpha value is -3.38. The number of amides is 1. The molecular formula is C24H22ClN3O3. The topological polar surface area (TPSA) is 75.4 Å². The number of ketones is 1. The highest BCUT2D eigenvalue weighted by Crippen LogP contribution is 2.39. The van der Waals surface area contributed by atoms with E-state index in [0.29, 0.717) is 30.1 Å². The summed E-state index contributed by atoms with van der Waals surface area (Å²) in [6, 6.07) is 13.5. The van der Waals surface area contributed by atoms with Crippen LogP contribution in [0.25, 0.3) is 5.76 Å². The quantitative estimate of drug-likeness (QED) is 0.354. The second-order valence-electron chi connectivity index (χ2n) is 7.56. The van der Waals surface area contributed by atoms with E-state index in [0.717, 1.165) is 11.1 Å². The summed E-state index contributed by atoms with van der Waals surface area (Å²) in [5.74, 6) is -1.46. The summed E-state index contributed by atoms with van der Waals surface area (Å²) in [6.07, 6.45) is 5.89.